The zero-order valence-corrected chi connectivity index (χ0v) is 30.2. The number of rotatable bonds is 22. The maximum absolute atomic E-state index is 12.1. The Morgan fingerprint density at radius 2 is 1.04 bits per heavy atom. The van der Waals surface area contributed by atoms with Gasteiger partial charge in [-0.2, -0.15) is 0 Å². The number of aliphatic hydroxyl groups excluding tert-OH is 10. The Labute approximate surface area is 311 Å². The molecule has 0 unspecified atom stereocenters. The summed E-state index contributed by atoms with van der Waals surface area (Å²) in [6.45, 7) is -0.171. The molecule has 3 fully saturated rings. The SMILES string of the molecule is CCCCCCCCCCOc1c(NCCO[C@@H]2O[C@H](CO)[C@@H](O[C@@H]3O[C@H](CO)[C@H](O[C@H]4O[C@H](CO)[C@H](O)[C@H](O)[C@H]4O)[C@H](O)[C@H]3O)[C@H](O)[C@H]2O)c(=O)c1=O. The van der Waals surface area contributed by atoms with Crippen molar-refractivity contribution < 1.29 is 84.2 Å². The van der Waals surface area contributed by atoms with Crippen molar-refractivity contribution in [1.82, 2.24) is 0 Å². The van der Waals surface area contributed by atoms with Crippen molar-refractivity contribution in [2.75, 3.05) is 44.9 Å². The van der Waals surface area contributed by atoms with Gasteiger partial charge in [-0.3, -0.25) is 9.59 Å². The van der Waals surface area contributed by atoms with Crippen molar-refractivity contribution in [2.24, 2.45) is 0 Å². The fourth-order valence-electron chi connectivity index (χ4n) is 6.61. The summed E-state index contributed by atoms with van der Waals surface area (Å²) >= 11 is 0. The van der Waals surface area contributed by atoms with Crippen LogP contribution in [0.25, 0.3) is 0 Å². The first-order valence-corrected chi connectivity index (χ1v) is 18.6. The molecule has 0 bridgehead atoms. The van der Waals surface area contributed by atoms with Gasteiger partial charge in [-0.15, -0.1) is 0 Å². The van der Waals surface area contributed by atoms with E-state index < -0.39 is 123 Å². The summed E-state index contributed by atoms with van der Waals surface area (Å²) in [6.07, 6.45) is -16.6. The van der Waals surface area contributed by atoms with Gasteiger partial charge in [-0.1, -0.05) is 51.9 Å². The number of hydrogen-bond donors (Lipinski definition) is 11. The lowest BCUT2D eigenvalue weighted by atomic mass is 9.96. The third kappa shape index (κ3) is 10.7. The molecular weight excluding hydrogens is 726 g/mol. The fraction of sp³-hybridized carbons (Fsp3) is 0.882. The zero-order chi connectivity index (χ0) is 39.5. The molecule has 0 amide bonds. The van der Waals surface area contributed by atoms with Gasteiger partial charge in [0, 0.05) is 6.54 Å². The quantitative estimate of drug-likeness (QED) is 0.0391. The summed E-state index contributed by atoms with van der Waals surface area (Å²) in [5, 5.41) is 106. The van der Waals surface area contributed by atoms with Gasteiger partial charge in [-0.05, 0) is 6.42 Å². The van der Waals surface area contributed by atoms with E-state index in [1.54, 1.807) is 0 Å². The van der Waals surface area contributed by atoms with Gasteiger partial charge in [0.25, 0.3) is 10.9 Å². The number of aliphatic hydroxyl groups is 10. The molecule has 20 heteroatoms. The molecule has 312 valence electrons. The average molecular weight is 784 g/mol. The van der Waals surface area contributed by atoms with Crippen LogP contribution in [0.5, 0.6) is 5.75 Å². The molecule has 0 aliphatic carbocycles. The highest BCUT2D eigenvalue weighted by molar-refractivity contribution is 5.61. The Morgan fingerprint density at radius 1 is 0.556 bits per heavy atom. The lowest BCUT2D eigenvalue weighted by Gasteiger charge is -2.48. The number of ether oxygens (including phenoxy) is 7. The van der Waals surface area contributed by atoms with Gasteiger partial charge >= 0.3 is 0 Å². The lowest BCUT2D eigenvalue weighted by molar-refractivity contribution is -0.379. The third-order valence-electron chi connectivity index (χ3n) is 9.87. The Balaban J connectivity index is 1.25. The topological polar surface area (TPSA) is 313 Å². The maximum Gasteiger partial charge on any atom is 0.272 e. The molecular formula is C34H57NO19. The average Bonchev–Trinajstić information content (AvgIpc) is 3.17. The van der Waals surface area contributed by atoms with Crippen molar-refractivity contribution in [3.8, 4) is 5.75 Å². The van der Waals surface area contributed by atoms with Crippen molar-refractivity contribution in [1.29, 1.82) is 0 Å². The molecule has 0 aromatic heterocycles. The number of anilines is 1. The van der Waals surface area contributed by atoms with E-state index in [4.69, 9.17) is 33.2 Å². The van der Waals surface area contributed by atoms with Crippen molar-refractivity contribution in [3.05, 3.63) is 20.4 Å². The minimum atomic E-state index is -1.96. The zero-order valence-electron chi connectivity index (χ0n) is 30.2. The van der Waals surface area contributed by atoms with Crippen molar-refractivity contribution in [2.45, 2.75) is 150 Å². The molecule has 11 N–H and O–H groups in total. The molecule has 0 spiro atoms. The van der Waals surface area contributed by atoms with Gasteiger partial charge < -0.3 is 89.5 Å². The summed E-state index contributed by atoms with van der Waals surface area (Å²) in [5.74, 6) is -0.0555. The Morgan fingerprint density at radius 3 is 1.59 bits per heavy atom. The molecule has 20 nitrogen and oxygen atoms in total. The standard InChI is InChI=1S/C34H57NO19/c1-2-3-4-5-6-7-8-9-11-48-31-19(21(40)23(31)42)35-10-12-49-32-27(46)24(43)29(17(14-37)51-32)54-34-28(47)25(44)30(18(15-38)52-34)53-33-26(45)22(41)20(39)16(13-36)50-33/h16-18,20,22,24-30,32-39,41,43-47H,2-15H2,1H3/t16-,17-,18-,20+,22+,24-,25-,26-,27-,28-,29-,30+,32-,33-,34+/m1/s1. The van der Waals surface area contributed by atoms with E-state index >= 15 is 0 Å². The maximum atomic E-state index is 12.1. The molecule has 54 heavy (non-hydrogen) atoms. The van der Waals surface area contributed by atoms with Crippen molar-refractivity contribution >= 4 is 5.69 Å². The van der Waals surface area contributed by atoms with E-state index in [0.717, 1.165) is 25.7 Å². The van der Waals surface area contributed by atoms with E-state index in [9.17, 15) is 60.7 Å². The summed E-state index contributed by atoms with van der Waals surface area (Å²) in [6, 6.07) is 0. The Hall–Kier alpha value is -1.96. The Kier molecular flexibility index (Phi) is 17.8. The van der Waals surface area contributed by atoms with Gasteiger partial charge in [0.15, 0.2) is 24.6 Å². The second-order valence-electron chi connectivity index (χ2n) is 13.8. The summed E-state index contributed by atoms with van der Waals surface area (Å²) in [4.78, 5) is 24.2. The van der Waals surface area contributed by atoms with Crippen LogP contribution in [-0.2, 0) is 28.4 Å². The predicted molar refractivity (Wildman–Crippen MR) is 183 cm³/mol. The highest BCUT2D eigenvalue weighted by Gasteiger charge is 2.53. The predicted octanol–water partition coefficient (Wildman–Crippen LogP) is -4.32. The monoisotopic (exact) mass is 783 g/mol. The van der Waals surface area contributed by atoms with Crippen LogP contribution in [0.1, 0.15) is 58.3 Å². The van der Waals surface area contributed by atoms with E-state index in [1.807, 2.05) is 0 Å². The Bertz CT molecular complexity index is 1310. The minimum absolute atomic E-state index is 0.00486. The van der Waals surface area contributed by atoms with E-state index in [-0.39, 0.29) is 31.2 Å². The van der Waals surface area contributed by atoms with E-state index in [1.165, 1.54) is 25.7 Å². The fourth-order valence-corrected chi connectivity index (χ4v) is 6.61. The van der Waals surface area contributed by atoms with Gasteiger partial charge in [0.05, 0.1) is 33.0 Å². The van der Waals surface area contributed by atoms with Crippen LogP contribution in [0.4, 0.5) is 5.69 Å². The van der Waals surface area contributed by atoms with Crippen molar-refractivity contribution in [3.63, 3.8) is 0 Å². The molecule has 3 aliphatic rings. The molecule has 15 atom stereocenters. The molecule has 3 heterocycles. The highest BCUT2D eigenvalue weighted by atomic mass is 16.8. The first-order chi connectivity index (χ1) is 25.9. The normalized spacial score (nSPS) is 37.4. The van der Waals surface area contributed by atoms with Crippen LogP contribution in [-0.4, -0.2) is 183 Å². The first kappa shape index (κ1) is 44.8. The minimum Gasteiger partial charge on any atom is -0.487 e. The largest absolute Gasteiger partial charge is 0.487 e. The smallest absolute Gasteiger partial charge is 0.272 e. The molecule has 0 radical (unpaired) electrons. The van der Waals surface area contributed by atoms with Crippen LogP contribution in [0, 0.1) is 0 Å². The van der Waals surface area contributed by atoms with E-state index in [2.05, 4.69) is 12.2 Å². The first-order valence-electron chi connectivity index (χ1n) is 18.6. The number of nitrogens with one attached hydrogen (secondary N) is 1. The lowest BCUT2D eigenvalue weighted by Crippen LogP contribution is -2.66. The highest BCUT2D eigenvalue weighted by Crippen LogP contribution is 2.32. The summed E-state index contributed by atoms with van der Waals surface area (Å²) < 4.78 is 38.7. The second kappa shape index (κ2) is 21.5. The molecule has 1 aromatic carbocycles. The molecule has 3 aliphatic heterocycles. The second-order valence-corrected chi connectivity index (χ2v) is 13.8. The molecule has 0 saturated carbocycles. The summed E-state index contributed by atoms with van der Waals surface area (Å²) in [5.41, 5.74) is -1.46. The van der Waals surface area contributed by atoms with Gasteiger partial charge in [0.1, 0.15) is 78.9 Å². The third-order valence-corrected chi connectivity index (χ3v) is 9.87. The van der Waals surface area contributed by atoms with Crippen LogP contribution in [0.15, 0.2) is 9.59 Å². The molecule has 3 saturated heterocycles. The van der Waals surface area contributed by atoms with Crippen LogP contribution in [0.2, 0.25) is 0 Å². The summed E-state index contributed by atoms with van der Waals surface area (Å²) in [7, 11) is 0. The number of hydrogen-bond acceptors (Lipinski definition) is 20. The molecule has 4 rings (SSSR count). The molecule has 1 aromatic rings. The number of unbranched alkanes of at least 4 members (excludes halogenated alkanes) is 7. The van der Waals surface area contributed by atoms with Gasteiger partial charge in [-0.25, -0.2) is 0 Å². The van der Waals surface area contributed by atoms with Crippen LogP contribution >= 0.6 is 0 Å². The van der Waals surface area contributed by atoms with Gasteiger partial charge in [0.2, 0.25) is 0 Å². The van der Waals surface area contributed by atoms with Crippen LogP contribution in [0.3, 0.4) is 0 Å². The van der Waals surface area contributed by atoms with E-state index in [0.29, 0.717) is 0 Å². The van der Waals surface area contributed by atoms with Crippen LogP contribution < -0.4 is 20.9 Å².